The highest BCUT2D eigenvalue weighted by Crippen LogP contribution is 2.34. The van der Waals surface area contributed by atoms with E-state index in [0.29, 0.717) is 5.41 Å². The molecule has 0 aromatic rings. The van der Waals surface area contributed by atoms with Gasteiger partial charge >= 0.3 is 0 Å². The molecule has 1 aliphatic rings. The van der Waals surface area contributed by atoms with Crippen LogP contribution in [0.5, 0.6) is 0 Å². The first kappa shape index (κ1) is 10.0. The molecule has 0 bridgehead atoms. The van der Waals surface area contributed by atoms with Gasteiger partial charge in [0.15, 0.2) is 0 Å². The van der Waals surface area contributed by atoms with Crippen molar-refractivity contribution in [3.05, 3.63) is 0 Å². The molecule has 0 radical (unpaired) electrons. The van der Waals surface area contributed by atoms with Crippen molar-refractivity contribution < 1.29 is 0 Å². The second-order valence-corrected chi connectivity index (χ2v) is 5.30. The Morgan fingerprint density at radius 1 is 1.33 bits per heavy atom. The highest BCUT2D eigenvalue weighted by molar-refractivity contribution is 4.85. The lowest BCUT2D eigenvalue weighted by atomic mass is 9.79. The first-order valence-electron chi connectivity index (χ1n) is 5.18. The molecule has 1 heterocycles. The average molecular weight is 169 g/mol. The number of likely N-dealkylation sites (tertiary alicyclic amines) is 1. The van der Waals surface area contributed by atoms with Gasteiger partial charge in [-0.1, -0.05) is 13.8 Å². The Kier molecular flexibility index (Phi) is 2.82. The first-order chi connectivity index (χ1) is 5.42. The molecule has 72 valence electrons. The molecule has 1 aliphatic heterocycles. The molecule has 0 saturated carbocycles. The summed E-state index contributed by atoms with van der Waals surface area (Å²) in [6.07, 6.45) is 2.71. The van der Waals surface area contributed by atoms with E-state index in [-0.39, 0.29) is 0 Å². The van der Waals surface area contributed by atoms with Crippen molar-refractivity contribution in [2.45, 2.75) is 59.5 Å². The van der Waals surface area contributed by atoms with Crippen LogP contribution < -0.4 is 0 Å². The molecule has 1 rings (SSSR count). The fraction of sp³-hybridized carbons (Fsp3) is 1.00. The van der Waals surface area contributed by atoms with Crippen LogP contribution in [0.2, 0.25) is 0 Å². The quantitative estimate of drug-likeness (QED) is 0.583. The Balaban J connectivity index is 2.54. The number of hydrogen-bond acceptors (Lipinski definition) is 1. The van der Waals surface area contributed by atoms with E-state index in [9.17, 15) is 0 Å². The third-order valence-corrected chi connectivity index (χ3v) is 3.12. The minimum Gasteiger partial charge on any atom is -0.298 e. The molecule has 1 saturated heterocycles. The molecule has 1 nitrogen and oxygen atoms in total. The van der Waals surface area contributed by atoms with Gasteiger partial charge in [0.25, 0.3) is 0 Å². The van der Waals surface area contributed by atoms with Gasteiger partial charge in [0.2, 0.25) is 0 Å². The van der Waals surface area contributed by atoms with Crippen LogP contribution in [0.1, 0.15) is 47.5 Å². The minimum atomic E-state index is 0.574. The van der Waals surface area contributed by atoms with Crippen molar-refractivity contribution in [2.24, 2.45) is 5.41 Å². The number of nitrogens with zero attached hydrogens (tertiary/aromatic N) is 1. The standard InChI is InChI=1S/C11H23N/c1-9(2)12-7-6-11(4,5)8-10(12)3/h9-10H,6-8H2,1-5H3. The maximum absolute atomic E-state index is 2.62. The molecular weight excluding hydrogens is 146 g/mol. The van der Waals surface area contributed by atoms with E-state index in [1.807, 2.05) is 0 Å². The second-order valence-electron chi connectivity index (χ2n) is 5.30. The third-order valence-electron chi connectivity index (χ3n) is 3.12. The van der Waals surface area contributed by atoms with Gasteiger partial charge in [-0.15, -0.1) is 0 Å². The zero-order chi connectivity index (χ0) is 9.35. The van der Waals surface area contributed by atoms with Gasteiger partial charge in [-0.3, -0.25) is 4.90 Å². The minimum absolute atomic E-state index is 0.574. The summed E-state index contributed by atoms with van der Waals surface area (Å²) >= 11 is 0. The van der Waals surface area contributed by atoms with Crippen LogP contribution >= 0.6 is 0 Å². The van der Waals surface area contributed by atoms with Crippen LogP contribution in [0.3, 0.4) is 0 Å². The molecule has 0 spiro atoms. The topological polar surface area (TPSA) is 3.24 Å². The smallest absolute Gasteiger partial charge is 0.00747 e. The van der Waals surface area contributed by atoms with E-state index >= 15 is 0 Å². The number of hydrogen-bond donors (Lipinski definition) is 0. The van der Waals surface area contributed by atoms with Crippen LogP contribution in [0.4, 0.5) is 0 Å². The van der Waals surface area contributed by atoms with Crippen molar-refractivity contribution >= 4 is 0 Å². The molecule has 0 N–H and O–H groups in total. The Bertz CT molecular complexity index is 149. The molecule has 1 heteroatoms. The molecule has 0 amide bonds. The molecule has 0 aromatic carbocycles. The summed E-state index contributed by atoms with van der Waals surface area (Å²) in [7, 11) is 0. The highest BCUT2D eigenvalue weighted by Gasteiger charge is 2.31. The summed E-state index contributed by atoms with van der Waals surface area (Å²) < 4.78 is 0. The fourth-order valence-electron chi connectivity index (χ4n) is 2.44. The fourth-order valence-corrected chi connectivity index (χ4v) is 2.44. The van der Waals surface area contributed by atoms with Crippen LogP contribution in [-0.2, 0) is 0 Å². The van der Waals surface area contributed by atoms with Gasteiger partial charge < -0.3 is 0 Å². The Morgan fingerprint density at radius 3 is 2.33 bits per heavy atom. The molecule has 0 aliphatic carbocycles. The van der Waals surface area contributed by atoms with Crippen molar-refractivity contribution in [1.29, 1.82) is 0 Å². The summed E-state index contributed by atoms with van der Waals surface area (Å²) in [5.41, 5.74) is 0.574. The van der Waals surface area contributed by atoms with Gasteiger partial charge in [-0.2, -0.15) is 0 Å². The normalized spacial score (nSPS) is 31.0. The summed E-state index contributed by atoms with van der Waals surface area (Å²) in [6, 6.07) is 1.49. The predicted molar refractivity (Wildman–Crippen MR) is 54.3 cm³/mol. The van der Waals surface area contributed by atoms with Crippen molar-refractivity contribution in [3.8, 4) is 0 Å². The summed E-state index contributed by atoms with van der Waals surface area (Å²) in [6.45, 7) is 13.0. The summed E-state index contributed by atoms with van der Waals surface area (Å²) in [4.78, 5) is 2.62. The van der Waals surface area contributed by atoms with Crippen molar-refractivity contribution in [3.63, 3.8) is 0 Å². The lowest BCUT2D eigenvalue weighted by Crippen LogP contribution is -2.47. The van der Waals surface area contributed by atoms with E-state index in [0.717, 1.165) is 12.1 Å². The van der Waals surface area contributed by atoms with Gasteiger partial charge in [0.1, 0.15) is 0 Å². The van der Waals surface area contributed by atoms with E-state index in [4.69, 9.17) is 0 Å². The van der Waals surface area contributed by atoms with Crippen LogP contribution in [0.25, 0.3) is 0 Å². The Morgan fingerprint density at radius 2 is 1.92 bits per heavy atom. The maximum Gasteiger partial charge on any atom is 0.00747 e. The molecule has 1 fully saturated rings. The molecule has 12 heavy (non-hydrogen) atoms. The monoisotopic (exact) mass is 169 g/mol. The third kappa shape index (κ3) is 2.22. The van der Waals surface area contributed by atoms with E-state index in [2.05, 4.69) is 39.5 Å². The highest BCUT2D eigenvalue weighted by atomic mass is 15.2. The van der Waals surface area contributed by atoms with E-state index < -0.39 is 0 Å². The first-order valence-corrected chi connectivity index (χ1v) is 5.18. The van der Waals surface area contributed by atoms with Gasteiger partial charge in [-0.25, -0.2) is 0 Å². The van der Waals surface area contributed by atoms with Gasteiger partial charge in [0, 0.05) is 12.1 Å². The lowest BCUT2D eigenvalue weighted by molar-refractivity contribution is 0.0562. The summed E-state index contributed by atoms with van der Waals surface area (Å²) in [5, 5.41) is 0. The van der Waals surface area contributed by atoms with Crippen LogP contribution in [0, 0.1) is 5.41 Å². The van der Waals surface area contributed by atoms with Crippen molar-refractivity contribution in [1.82, 2.24) is 4.90 Å². The zero-order valence-electron chi connectivity index (χ0n) is 9.22. The van der Waals surface area contributed by atoms with E-state index in [1.165, 1.54) is 19.4 Å². The summed E-state index contributed by atoms with van der Waals surface area (Å²) in [5.74, 6) is 0. The number of piperidine rings is 1. The average Bonchev–Trinajstić information content (AvgIpc) is 1.83. The van der Waals surface area contributed by atoms with E-state index in [1.54, 1.807) is 0 Å². The maximum atomic E-state index is 2.62. The lowest BCUT2D eigenvalue weighted by Gasteiger charge is -2.44. The van der Waals surface area contributed by atoms with Gasteiger partial charge in [-0.05, 0) is 45.6 Å². The largest absolute Gasteiger partial charge is 0.298 e. The number of rotatable bonds is 1. The van der Waals surface area contributed by atoms with Gasteiger partial charge in [0.05, 0.1) is 0 Å². The molecular formula is C11H23N. The van der Waals surface area contributed by atoms with Crippen LogP contribution in [0.15, 0.2) is 0 Å². The van der Waals surface area contributed by atoms with Crippen LogP contribution in [-0.4, -0.2) is 23.5 Å². The SMILES string of the molecule is CC(C)N1CCC(C)(C)CC1C. The molecule has 1 atom stereocenters. The molecule has 1 unspecified atom stereocenters. The Labute approximate surface area is 77.1 Å². The molecule has 0 aromatic heterocycles. The predicted octanol–water partition coefficient (Wildman–Crippen LogP) is 2.91. The second kappa shape index (κ2) is 3.37. The Hall–Kier alpha value is -0.0400. The zero-order valence-corrected chi connectivity index (χ0v) is 9.22. The van der Waals surface area contributed by atoms with Crippen molar-refractivity contribution in [2.75, 3.05) is 6.54 Å².